The zero-order chi connectivity index (χ0) is 20.4. The summed E-state index contributed by atoms with van der Waals surface area (Å²) in [6, 6.07) is 19.1. The van der Waals surface area contributed by atoms with Crippen LogP contribution in [0, 0.1) is 11.6 Å². The van der Waals surface area contributed by atoms with Gasteiger partial charge in [-0.2, -0.15) is 0 Å². The first-order chi connectivity index (χ1) is 14.0. The molecule has 0 aromatic heterocycles. The fourth-order valence-electron chi connectivity index (χ4n) is 3.51. The lowest BCUT2D eigenvalue weighted by Crippen LogP contribution is -2.44. The van der Waals surface area contributed by atoms with E-state index in [4.69, 9.17) is 11.6 Å². The Morgan fingerprint density at radius 3 is 1.97 bits per heavy atom. The van der Waals surface area contributed by atoms with Crippen molar-refractivity contribution in [2.45, 2.75) is 28.6 Å². The summed E-state index contributed by atoms with van der Waals surface area (Å²) in [7, 11) is 0. The van der Waals surface area contributed by atoms with Crippen LogP contribution in [0.5, 0.6) is 0 Å². The Hall–Kier alpha value is -2.21. The molecule has 3 unspecified atom stereocenters. The molecule has 1 aliphatic rings. The Labute approximate surface area is 177 Å². The summed E-state index contributed by atoms with van der Waals surface area (Å²) in [4.78, 5) is 14.1. The van der Waals surface area contributed by atoms with Gasteiger partial charge in [-0.15, -0.1) is 11.8 Å². The van der Waals surface area contributed by atoms with Crippen LogP contribution in [0.25, 0.3) is 0 Å². The van der Waals surface area contributed by atoms with Crippen LogP contribution in [0.3, 0.4) is 0 Å². The Morgan fingerprint density at radius 1 is 0.828 bits per heavy atom. The summed E-state index contributed by atoms with van der Waals surface area (Å²) in [5.41, 5.74) is 1.68. The second kappa shape index (κ2) is 8.66. The van der Waals surface area contributed by atoms with Gasteiger partial charge in [-0.3, -0.25) is 4.79 Å². The van der Waals surface area contributed by atoms with Crippen molar-refractivity contribution in [2.75, 3.05) is 0 Å². The highest BCUT2D eigenvalue weighted by Gasteiger charge is 2.38. The number of hydrogen-bond acceptors (Lipinski definition) is 3. The van der Waals surface area contributed by atoms with Crippen LogP contribution in [0.4, 0.5) is 8.78 Å². The molecule has 0 radical (unpaired) electrons. The van der Waals surface area contributed by atoms with Gasteiger partial charge in [-0.05, 0) is 59.7 Å². The van der Waals surface area contributed by atoms with Gasteiger partial charge in [-0.1, -0.05) is 35.9 Å². The average molecular weight is 430 g/mol. The van der Waals surface area contributed by atoms with E-state index < -0.39 is 0 Å². The molecule has 2 nitrogen and oxygen atoms in total. The molecule has 0 aliphatic carbocycles. The number of Topliss-reactive ketones (excluding diaryl/α,β-unsaturated/α-hetero) is 1. The van der Waals surface area contributed by atoms with Gasteiger partial charge in [0.15, 0.2) is 0 Å². The molecule has 1 N–H and O–H groups in total. The number of carbonyl (C=O) groups is 1. The van der Waals surface area contributed by atoms with E-state index in [0.717, 1.165) is 16.0 Å². The first-order valence-corrected chi connectivity index (χ1v) is 10.5. The Kier molecular flexibility index (Phi) is 5.99. The first-order valence-electron chi connectivity index (χ1n) is 9.21. The van der Waals surface area contributed by atoms with E-state index in [9.17, 15) is 13.6 Å². The number of rotatable bonds is 4. The number of carbonyl (C=O) groups excluding carboxylic acids is 1. The Bertz CT molecular complexity index is 993. The molecule has 3 aromatic carbocycles. The van der Waals surface area contributed by atoms with E-state index in [1.165, 1.54) is 36.0 Å². The van der Waals surface area contributed by atoms with E-state index in [2.05, 4.69) is 5.32 Å². The minimum Gasteiger partial charge on any atom is -0.301 e. The predicted octanol–water partition coefficient (Wildman–Crippen LogP) is 6.12. The second-order valence-corrected chi connectivity index (χ2v) is 8.61. The Morgan fingerprint density at radius 2 is 1.38 bits per heavy atom. The molecule has 0 bridgehead atoms. The first kappa shape index (κ1) is 20.1. The Balaban J connectivity index is 1.65. The normalized spacial score (nSPS) is 21.9. The van der Waals surface area contributed by atoms with E-state index in [0.29, 0.717) is 11.4 Å². The summed E-state index contributed by atoms with van der Waals surface area (Å²) in [5.74, 6) is -0.553. The molecule has 1 fully saturated rings. The minimum atomic E-state index is -0.377. The van der Waals surface area contributed by atoms with E-state index in [-0.39, 0.29) is 34.8 Å². The third-order valence-corrected chi connectivity index (χ3v) is 6.57. The molecule has 29 heavy (non-hydrogen) atoms. The van der Waals surface area contributed by atoms with Crippen molar-refractivity contribution in [3.8, 4) is 0 Å². The average Bonchev–Trinajstić information content (AvgIpc) is 2.72. The van der Waals surface area contributed by atoms with Gasteiger partial charge in [0.05, 0.1) is 11.3 Å². The number of nitrogens with one attached hydrogen (secondary N) is 1. The van der Waals surface area contributed by atoms with Crippen LogP contribution >= 0.6 is 23.4 Å². The van der Waals surface area contributed by atoms with Crippen molar-refractivity contribution in [1.82, 2.24) is 5.32 Å². The van der Waals surface area contributed by atoms with Crippen LogP contribution in [0.15, 0.2) is 77.7 Å². The third-order valence-electron chi connectivity index (χ3n) is 4.98. The molecule has 1 aliphatic heterocycles. The molecule has 3 aromatic rings. The summed E-state index contributed by atoms with van der Waals surface area (Å²) in [6.45, 7) is 0. The van der Waals surface area contributed by atoms with Crippen LogP contribution < -0.4 is 5.32 Å². The number of benzene rings is 3. The molecule has 0 saturated carbocycles. The third kappa shape index (κ3) is 4.69. The van der Waals surface area contributed by atoms with Crippen molar-refractivity contribution in [3.05, 3.63) is 101 Å². The summed E-state index contributed by atoms with van der Waals surface area (Å²) < 4.78 is 26.8. The minimum absolute atomic E-state index is 0.0901. The molecule has 1 heterocycles. The highest BCUT2D eigenvalue weighted by Crippen LogP contribution is 2.40. The van der Waals surface area contributed by atoms with E-state index in [1.54, 1.807) is 36.4 Å². The molecule has 1 saturated heterocycles. The predicted molar refractivity (Wildman–Crippen MR) is 112 cm³/mol. The fourth-order valence-corrected chi connectivity index (χ4v) is 4.82. The summed E-state index contributed by atoms with van der Waals surface area (Å²) >= 11 is 7.43. The molecule has 6 heteroatoms. The largest absolute Gasteiger partial charge is 0.301 e. The van der Waals surface area contributed by atoms with Crippen LogP contribution in [0.2, 0.25) is 5.02 Å². The van der Waals surface area contributed by atoms with E-state index in [1.807, 2.05) is 12.1 Å². The van der Waals surface area contributed by atoms with E-state index >= 15 is 0 Å². The standard InChI is InChI=1S/C23H18ClF2NOS/c24-16-5-11-19(12-6-16)29-23-21(28)13-20(14-1-7-17(25)8-2-14)27-22(23)15-3-9-18(26)10-4-15/h1-12,20,22-23,27H,13H2. The van der Waals surface area contributed by atoms with Gasteiger partial charge in [0.25, 0.3) is 0 Å². The number of hydrogen-bond donors (Lipinski definition) is 1. The fraction of sp³-hybridized carbons (Fsp3) is 0.174. The van der Waals surface area contributed by atoms with Gasteiger partial charge in [-0.25, -0.2) is 8.78 Å². The van der Waals surface area contributed by atoms with Gasteiger partial charge in [0.1, 0.15) is 17.4 Å². The molecule has 0 amide bonds. The molecular weight excluding hydrogens is 412 g/mol. The number of ketones is 1. The van der Waals surface area contributed by atoms with Gasteiger partial charge >= 0.3 is 0 Å². The maximum atomic E-state index is 13.5. The number of halogens is 3. The number of piperidine rings is 1. The lowest BCUT2D eigenvalue weighted by Gasteiger charge is -2.37. The quantitative estimate of drug-likeness (QED) is 0.541. The monoisotopic (exact) mass is 429 g/mol. The van der Waals surface area contributed by atoms with Crippen molar-refractivity contribution in [1.29, 1.82) is 0 Å². The van der Waals surface area contributed by atoms with Gasteiger partial charge in [0.2, 0.25) is 0 Å². The highest BCUT2D eigenvalue weighted by molar-refractivity contribution is 8.00. The smallest absolute Gasteiger partial charge is 0.150 e. The molecule has 4 rings (SSSR count). The van der Waals surface area contributed by atoms with Gasteiger partial charge in [0, 0.05) is 22.4 Å². The lowest BCUT2D eigenvalue weighted by atomic mass is 9.89. The molecule has 0 spiro atoms. The van der Waals surface area contributed by atoms with Gasteiger partial charge < -0.3 is 5.32 Å². The molecule has 148 valence electrons. The number of thioether (sulfide) groups is 1. The van der Waals surface area contributed by atoms with Crippen molar-refractivity contribution in [2.24, 2.45) is 0 Å². The topological polar surface area (TPSA) is 29.1 Å². The van der Waals surface area contributed by atoms with Crippen molar-refractivity contribution < 1.29 is 13.6 Å². The van der Waals surface area contributed by atoms with Crippen LogP contribution in [0.1, 0.15) is 29.6 Å². The summed E-state index contributed by atoms with van der Waals surface area (Å²) in [6.07, 6.45) is 0.300. The van der Waals surface area contributed by atoms with Crippen LogP contribution in [-0.2, 0) is 4.79 Å². The maximum Gasteiger partial charge on any atom is 0.150 e. The lowest BCUT2D eigenvalue weighted by molar-refractivity contribution is -0.121. The second-order valence-electron chi connectivity index (χ2n) is 6.96. The van der Waals surface area contributed by atoms with Crippen LogP contribution in [-0.4, -0.2) is 11.0 Å². The van der Waals surface area contributed by atoms with Crippen molar-refractivity contribution >= 4 is 29.1 Å². The molecule has 3 atom stereocenters. The zero-order valence-corrected chi connectivity index (χ0v) is 16.9. The zero-order valence-electron chi connectivity index (χ0n) is 15.3. The summed E-state index contributed by atoms with van der Waals surface area (Å²) in [5, 5.41) is 3.78. The van der Waals surface area contributed by atoms with Crippen molar-refractivity contribution in [3.63, 3.8) is 0 Å². The highest BCUT2D eigenvalue weighted by atomic mass is 35.5. The SMILES string of the molecule is O=C1CC(c2ccc(F)cc2)NC(c2ccc(F)cc2)C1Sc1ccc(Cl)cc1. The maximum absolute atomic E-state index is 13.5. The molecular formula is C23H18ClF2NOS.